The fraction of sp³-hybridized carbons (Fsp3) is 0.429. The fourth-order valence-electron chi connectivity index (χ4n) is 1.60. The predicted octanol–water partition coefficient (Wildman–Crippen LogP) is 3.98. The van der Waals surface area contributed by atoms with Gasteiger partial charge in [0.15, 0.2) is 0 Å². The van der Waals surface area contributed by atoms with E-state index in [0.29, 0.717) is 17.0 Å². The number of ether oxygens (including phenoxy) is 1. The van der Waals surface area contributed by atoms with Crippen LogP contribution in [0.25, 0.3) is 0 Å². The third kappa shape index (κ3) is 5.27. The molecule has 0 radical (unpaired) electrons. The summed E-state index contributed by atoms with van der Waals surface area (Å²) in [4.78, 5) is 11.5. The van der Waals surface area contributed by atoms with Gasteiger partial charge in [-0.05, 0) is 24.1 Å². The lowest BCUT2D eigenvalue weighted by molar-refractivity contribution is -0.158. The first-order valence-corrected chi connectivity index (χ1v) is 6.43. The number of carbonyl (C=O) groups excluding carboxylic acids is 1. The van der Waals surface area contributed by atoms with Gasteiger partial charge in [0, 0.05) is 11.4 Å². The van der Waals surface area contributed by atoms with Gasteiger partial charge in [0.1, 0.15) is 0 Å². The van der Waals surface area contributed by atoms with Crippen LogP contribution in [0.3, 0.4) is 0 Å². The minimum absolute atomic E-state index is 0.167. The first-order valence-electron chi connectivity index (χ1n) is 6.05. The van der Waals surface area contributed by atoms with Crippen molar-refractivity contribution in [2.45, 2.75) is 38.5 Å². The molecular weight excluding hydrogens is 269 g/mol. The normalized spacial score (nSPS) is 13.4. The molecule has 0 saturated heterocycles. The molecule has 0 aliphatic carbocycles. The third-order valence-electron chi connectivity index (χ3n) is 2.55. The molecule has 0 aliphatic heterocycles. The highest BCUT2D eigenvalue weighted by molar-refractivity contribution is 6.30. The standard InChI is InChI=1S/C14H15ClFNO2/c1-2-4-13(16)19-14(18)8-11(9-17)10-5-3-6-12(15)7-10/h3,5-7,11,13H,2,4,8H2,1H3. The lowest BCUT2D eigenvalue weighted by Crippen LogP contribution is -2.15. The number of nitriles is 1. The first kappa shape index (κ1) is 15.5. The van der Waals surface area contributed by atoms with Crippen LogP contribution in [-0.2, 0) is 9.53 Å². The monoisotopic (exact) mass is 283 g/mol. The predicted molar refractivity (Wildman–Crippen MR) is 70.3 cm³/mol. The van der Waals surface area contributed by atoms with Crippen molar-refractivity contribution in [3.05, 3.63) is 34.9 Å². The molecule has 2 unspecified atom stereocenters. The molecule has 0 spiro atoms. The Bertz CT molecular complexity index is 473. The molecule has 1 rings (SSSR count). The second-order valence-electron chi connectivity index (χ2n) is 4.13. The van der Waals surface area contributed by atoms with E-state index in [0.717, 1.165) is 0 Å². The van der Waals surface area contributed by atoms with Crippen molar-refractivity contribution >= 4 is 17.6 Å². The summed E-state index contributed by atoms with van der Waals surface area (Å²) in [5, 5.41) is 9.55. The number of hydrogen-bond donors (Lipinski definition) is 0. The van der Waals surface area contributed by atoms with Crippen molar-refractivity contribution in [1.82, 2.24) is 0 Å². The van der Waals surface area contributed by atoms with Gasteiger partial charge in [0.05, 0.1) is 18.4 Å². The van der Waals surface area contributed by atoms with Crippen LogP contribution in [0.5, 0.6) is 0 Å². The van der Waals surface area contributed by atoms with E-state index in [2.05, 4.69) is 4.74 Å². The van der Waals surface area contributed by atoms with E-state index >= 15 is 0 Å². The molecule has 0 saturated carbocycles. The molecule has 0 bridgehead atoms. The quantitative estimate of drug-likeness (QED) is 0.742. The minimum atomic E-state index is -1.60. The topological polar surface area (TPSA) is 50.1 Å². The van der Waals surface area contributed by atoms with Crippen LogP contribution in [-0.4, -0.2) is 12.3 Å². The Morgan fingerprint density at radius 2 is 2.32 bits per heavy atom. The Balaban J connectivity index is 2.63. The molecule has 5 heteroatoms. The van der Waals surface area contributed by atoms with E-state index in [1.807, 2.05) is 6.07 Å². The first-order chi connectivity index (χ1) is 9.06. The largest absolute Gasteiger partial charge is 0.431 e. The zero-order chi connectivity index (χ0) is 14.3. The van der Waals surface area contributed by atoms with Gasteiger partial charge in [0.2, 0.25) is 6.36 Å². The summed E-state index contributed by atoms with van der Waals surface area (Å²) in [5.41, 5.74) is 0.623. The highest BCUT2D eigenvalue weighted by Crippen LogP contribution is 2.23. The smallest absolute Gasteiger partial charge is 0.309 e. The van der Waals surface area contributed by atoms with Gasteiger partial charge in [-0.25, -0.2) is 4.39 Å². The Hall–Kier alpha value is -1.60. The molecule has 0 N–H and O–H groups in total. The molecular formula is C14H15ClFNO2. The highest BCUT2D eigenvalue weighted by Gasteiger charge is 2.19. The van der Waals surface area contributed by atoms with E-state index in [9.17, 15) is 9.18 Å². The molecule has 0 amide bonds. The van der Waals surface area contributed by atoms with Crippen molar-refractivity contribution < 1.29 is 13.9 Å². The van der Waals surface area contributed by atoms with Crippen molar-refractivity contribution in [3.63, 3.8) is 0 Å². The molecule has 0 heterocycles. The lowest BCUT2D eigenvalue weighted by Gasteiger charge is -2.12. The zero-order valence-corrected chi connectivity index (χ0v) is 11.4. The molecule has 0 aromatic heterocycles. The number of hydrogen-bond acceptors (Lipinski definition) is 3. The summed E-state index contributed by atoms with van der Waals surface area (Å²) in [6.45, 7) is 1.80. The molecule has 102 valence electrons. The van der Waals surface area contributed by atoms with E-state index in [-0.39, 0.29) is 12.8 Å². The van der Waals surface area contributed by atoms with Crippen molar-refractivity contribution in [3.8, 4) is 6.07 Å². The average molecular weight is 284 g/mol. The number of carbonyl (C=O) groups is 1. The van der Waals surface area contributed by atoms with Crippen LogP contribution in [0.2, 0.25) is 5.02 Å². The molecule has 0 fully saturated rings. The Morgan fingerprint density at radius 1 is 1.58 bits per heavy atom. The number of esters is 1. The summed E-state index contributed by atoms with van der Waals surface area (Å²) < 4.78 is 17.7. The maximum atomic E-state index is 13.1. The van der Waals surface area contributed by atoms with E-state index in [1.165, 1.54) is 0 Å². The van der Waals surface area contributed by atoms with E-state index in [1.54, 1.807) is 31.2 Å². The van der Waals surface area contributed by atoms with Crippen molar-refractivity contribution in [2.24, 2.45) is 0 Å². The van der Waals surface area contributed by atoms with E-state index in [4.69, 9.17) is 16.9 Å². The summed E-state index contributed by atoms with van der Waals surface area (Å²) in [6, 6.07) is 8.69. The number of rotatable bonds is 6. The van der Waals surface area contributed by atoms with Gasteiger partial charge < -0.3 is 4.74 Å². The molecule has 2 atom stereocenters. The fourth-order valence-corrected chi connectivity index (χ4v) is 1.80. The van der Waals surface area contributed by atoms with Crippen molar-refractivity contribution in [1.29, 1.82) is 5.26 Å². The third-order valence-corrected chi connectivity index (χ3v) is 2.79. The number of nitrogens with zero attached hydrogens (tertiary/aromatic N) is 1. The van der Waals surface area contributed by atoms with Gasteiger partial charge in [-0.15, -0.1) is 0 Å². The highest BCUT2D eigenvalue weighted by atomic mass is 35.5. The van der Waals surface area contributed by atoms with Crippen LogP contribution in [0.15, 0.2) is 24.3 Å². The van der Waals surface area contributed by atoms with Crippen LogP contribution in [0.1, 0.15) is 37.7 Å². The Kier molecular flexibility index (Phi) is 6.31. The lowest BCUT2D eigenvalue weighted by atomic mass is 9.97. The maximum Gasteiger partial charge on any atom is 0.309 e. The number of halogens is 2. The number of alkyl halides is 1. The number of benzene rings is 1. The van der Waals surface area contributed by atoms with Crippen LogP contribution in [0, 0.1) is 11.3 Å². The SMILES string of the molecule is CCCC(F)OC(=O)CC(C#N)c1cccc(Cl)c1. The van der Waals surface area contributed by atoms with E-state index < -0.39 is 18.2 Å². The van der Waals surface area contributed by atoms with Crippen molar-refractivity contribution in [2.75, 3.05) is 0 Å². The van der Waals surface area contributed by atoms with Gasteiger partial charge in [-0.2, -0.15) is 5.26 Å². The van der Waals surface area contributed by atoms with Gasteiger partial charge in [0.25, 0.3) is 0 Å². The van der Waals surface area contributed by atoms with Crippen LogP contribution in [0.4, 0.5) is 4.39 Å². The van der Waals surface area contributed by atoms with Gasteiger partial charge in [-0.1, -0.05) is 30.7 Å². The molecule has 1 aromatic carbocycles. The summed E-state index contributed by atoms with van der Waals surface area (Å²) in [7, 11) is 0. The molecule has 19 heavy (non-hydrogen) atoms. The summed E-state index contributed by atoms with van der Waals surface area (Å²) in [6.07, 6.45) is -1.03. The van der Waals surface area contributed by atoms with Gasteiger partial charge in [-0.3, -0.25) is 4.79 Å². The molecule has 0 aliphatic rings. The van der Waals surface area contributed by atoms with Crippen LogP contribution >= 0.6 is 11.6 Å². The minimum Gasteiger partial charge on any atom is -0.431 e. The molecule has 3 nitrogen and oxygen atoms in total. The second-order valence-corrected chi connectivity index (χ2v) is 4.57. The second kappa shape index (κ2) is 7.75. The molecule has 1 aromatic rings. The zero-order valence-electron chi connectivity index (χ0n) is 10.6. The Labute approximate surface area is 116 Å². The average Bonchev–Trinajstić information content (AvgIpc) is 2.36. The maximum absolute atomic E-state index is 13.1. The Morgan fingerprint density at radius 3 is 2.89 bits per heavy atom. The van der Waals surface area contributed by atoms with Crippen LogP contribution < -0.4 is 0 Å². The van der Waals surface area contributed by atoms with Gasteiger partial charge >= 0.3 is 5.97 Å². The summed E-state index contributed by atoms with van der Waals surface area (Å²) >= 11 is 5.82. The summed E-state index contributed by atoms with van der Waals surface area (Å²) in [5.74, 6) is -1.40.